The standard InChI is InChI=1S/C9H6ClN3OS/c10-6-1-3-7(4-2-6)11-9-13-12-8(5-14)15-9/h1-5H,(H,11,13). The van der Waals surface area contributed by atoms with Crippen LogP contribution in [0.2, 0.25) is 5.02 Å². The number of nitrogens with one attached hydrogen (secondary N) is 1. The van der Waals surface area contributed by atoms with Crippen LogP contribution in [0.5, 0.6) is 0 Å². The van der Waals surface area contributed by atoms with E-state index in [1.807, 2.05) is 12.1 Å². The van der Waals surface area contributed by atoms with Crippen LogP contribution in [0, 0.1) is 0 Å². The van der Waals surface area contributed by atoms with Crippen LogP contribution in [0.3, 0.4) is 0 Å². The Hall–Kier alpha value is -1.46. The highest BCUT2D eigenvalue weighted by Crippen LogP contribution is 2.21. The number of rotatable bonds is 3. The predicted molar refractivity (Wildman–Crippen MR) is 60.0 cm³/mol. The first-order chi connectivity index (χ1) is 7.28. The summed E-state index contributed by atoms with van der Waals surface area (Å²) < 4.78 is 0. The van der Waals surface area contributed by atoms with Crippen molar-refractivity contribution in [2.45, 2.75) is 0 Å². The third-order valence-electron chi connectivity index (χ3n) is 1.64. The highest BCUT2D eigenvalue weighted by atomic mass is 35.5. The number of benzene rings is 1. The second-order valence-electron chi connectivity index (χ2n) is 2.70. The van der Waals surface area contributed by atoms with E-state index in [0.29, 0.717) is 21.4 Å². The fourth-order valence-corrected chi connectivity index (χ4v) is 1.69. The topological polar surface area (TPSA) is 54.9 Å². The molecule has 0 saturated carbocycles. The van der Waals surface area contributed by atoms with Crippen LogP contribution in [0.1, 0.15) is 9.80 Å². The van der Waals surface area contributed by atoms with Gasteiger partial charge in [0, 0.05) is 10.7 Å². The Morgan fingerprint density at radius 2 is 2.00 bits per heavy atom. The number of anilines is 2. The molecule has 2 rings (SSSR count). The lowest BCUT2D eigenvalue weighted by atomic mass is 10.3. The number of carbonyl (C=O) groups excluding carboxylic acids is 1. The lowest BCUT2D eigenvalue weighted by Crippen LogP contribution is -1.88. The van der Waals surface area contributed by atoms with Crippen LogP contribution in [-0.4, -0.2) is 16.5 Å². The van der Waals surface area contributed by atoms with Crippen molar-refractivity contribution < 1.29 is 4.79 Å². The summed E-state index contributed by atoms with van der Waals surface area (Å²) in [5.41, 5.74) is 0.855. The number of hydrogen-bond acceptors (Lipinski definition) is 5. The summed E-state index contributed by atoms with van der Waals surface area (Å²) in [4.78, 5) is 10.4. The predicted octanol–water partition coefficient (Wildman–Crippen LogP) is 2.75. The number of carbonyl (C=O) groups is 1. The van der Waals surface area contributed by atoms with Gasteiger partial charge in [0.2, 0.25) is 5.13 Å². The van der Waals surface area contributed by atoms with Crippen LogP contribution >= 0.6 is 22.9 Å². The monoisotopic (exact) mass is 239 g/mol. The average Bonchev–Trinajstić information content (AvgIpc) is 2.69. The van der Waals surface area contributed by atoms with Crippen LogP contribution in [0.25, 0.3) is 0 Å². The lowest BCUT2D eigenvalue weighted by molar-refractivity contribution is 0.112. The van der Waals surface area contributed by atoms with Gasteiger partial charge in [0.1, 0.15) is 0 Å². The van der Waals surface area contributed by atoms with Crippen LogP contribution in [-0.2, 0) is 0 Å². The zero-order valence-corrected chi connectivity index (χ0v) is 9.05. The quantitative estimate of drug-likeness (QED) is 0.837. The SMILES string of the molecule is O=Cc1nnc(Nc2ccc(Cl)cc2)s1. The Morgan fingerprint density at radius 1 is 1.27 bits per heavy atom. The Kier molecular flexibility index (Phi) is 2.94. The number of nitrogens with zero attached hydrogens (tertiary/aromatic N) is 2. The van der Waals surface area contributed by atoms with E-state index >= 15 is 0 Å². The molecule has 76 valence electrons. The minimum atomic E-state index is 0.353. The molecular weight excluding hydrogens is 234 g/mol. The normalized spacial score (nSPS) is 9.93. The van der Waals surface area contributed by atoms with Gasteiger partial charge < -0.3 is 5.32 Å². The molecule has 0 unspecified atom stereocenters. The second-order valence-corrected chi connectivity index (χ2v) is 4.14. The molecule has 4 nitrogen and oxygen atoms in total. The van der Waals surface area contributed by atoms with Crippen molar-refractivity contribution in [2.75, 3.05) is 5.32 Å². The van der Waals surface area contributed by atoms with E-state index in [1.54, 1.807) is 12.1 Å². The molecule has 0 radical (unpaired) electrons. The fraction of sp³-hybridized carbons (Fsp3) is 0. The van der Waals surface area contributed by atoms with Crippen molar-refractivity contribution in [3.8, 4) is 0 Å². The van der Waals surface area contributed by atoms with E-state index in [2.05, 4.69) is 15.5 Å². The van der Waals surface area contributed by atoms with Crippen molar-refractivity contribution in [2.24, 2.45) is 0 Å². The second kappa shape index (κ2) is 4.37. The summed E-state index contributed by atoms with van der Waals surface area (Å²) in [7, 11) is 0. The summed E-state index contributed by atoms with van der Waals surface area (Å²) in [6.45, 7) is 0. The smallest absolute Gasteiger partial charge is 0.210 e. The fourth-order valence-electron chi connectivity index (χ4n) is 0.989. The van der Waals surface area contributed by atoms with Gasteiger partial charge in [-0.15, -0.1) is 10.2 Å². The third kappa shape index (κ3) is 2.51. The molecule has 1 aromatic carbocycles. The molecule has 1 aromatic heterocycles. The maximum atomic E-state index is 10.4. The molecule has 0 aliphatic heterocycles. The highest BCUT2D eigenvalue weighted by molar-refractivity contribution is 7.16. The lowest BCUT2D eigenvalue weighted by Gasteiger charge is -2.00. The summed E-state index contributed by atoms with van der Waals surface area (Å²) in [5.74, 6) is 0. The van der Waals surface area contributed by atoms with Crippen molar-refractivity contribution in [3.63, 3.8) is 0 Å². The van der Waals surface area contributed by atoms with Gasteiger partial charge in [0.25, 0.3) is 0 Å². The molecule has 0 amide bonds. The zero-order valence-electron chi connectivity index (χ0n) is 7.48. The molecule has 0 saturated heterocycles. The molecule has 1 heterocycles. The van der Waals surface area contributed by atoms with Gasteiger partial charge in [0.05, 0.1) is 0 Å². The first-order valence-electron chi connectivity index (χ1n) is 4.09. The van der Waals surface area contributed by atoms with E-state index in [0.717, 1.165) is 5.69 Å². The number of aromatic nitrogens is 2. The van der Waals surface area contributed by atoms with Gasteiger partial charge >= 0.3 is 0 Å². The van der Waals surface area contributed by atoms with Crippen molar-refractivity contribution >= 4 is 40.0 Å². The molecule has 0 bridgehead atoms. The van der Waals surface area contributed by atoms with E-state index in [1.165, 1.54) is 11.3 Å². The van der Waals surface area contributed by atoms with E-state index < -0.39 is 0 Å². The van der Waals surface area contributed by atoms with Gasteiger partial charge in [-0.25, -0.2) is 0 Å². The van der Waals surface area contributed by atoms with Crippen LogP contribution in [0.4, 0.5) is 10.8 Å². The molecular formula is C9H6ClN3OS. The molecule has 2 aromatic rings. The van der Waals surface area contributed by atoms with Crippen molar-refractivity contribution in [1.82, 2.24) is 10.2 Å². The van der Waals surface area contributed by atoms with E-state index in [4.69, 9.17) is 11.6 Å². The van der Waals surface area contributed by atoms with Crippen molar-refractivity contribution in [3.05, 3.63) is 34.3 Å². The largest absolute Gasteiger partial charge is 0.330 e. The van der Waals surface area contributed by atoms with Crippen LogP contribution < -0.4 is 5.32 Å². The molecule has 6 heteroatoms. The molecule has 1 N–H and O–H groups in total. The van der Waals surface area contributed by atoms with E-state index in [9.17, 15) is 4.79 Å². The third-order valence-corrected chi connectivity index (χ3v) is 2.65. The Balaban J connectivity index is 2.14. The van der Waals surface area contributed by atoms with E-state index in [-0.39, 0.29) is 0 Å². The molecule has 0 atom stereocenters. The number of hydrogen-bond donors (Lipinski definition) is 1. The zero-order chi connectivity index (χ0) is 10.7. The molecule has 0 aliphatic rings. The van der Waals surface area contributed by atoms with Gasteiger partial charge in [-0.1, -0.05) is 22.9 Å². The molecule has 15 heavy (non-hydrogen) atoms. The average molecular weight is 240 g/mol. The summed E-state index contributed by atoms with van der Waals surface area (Å²) in [6.07, 6.45) is 0.671. The Bertz CT molecular complexity index is 468. The van der Waals surface area contributed by atoms with Crippen molar-refractivity contribution in [1.29, 1.82) is 0 Å². The summed E-state index contributed by atoms with van der Waals surface area (Å²) in [5, 5.41) is 12.1. The first-order valence-corrected chi connectivity index (χ1v) is 5.28. The number of halogens is 1. The minimum absolute atomic E-state index is 0.353. The number of aldehydes is 1. The summed E-state index contributed by atoms with van der Waals surface area (Å²) >= 11 is 6.94. The van der Waals surface area contributed by atoms with Gasteiger partial charge in [-0.05, 0) is 24.3 Å². The maximum absolute atomic E-state index is 10.4. The van der Waals surface area contributed by atoms with Gasteiger partial charge in [0.15, 0.2) is 11.3 Å². The highest BCUT2D eigenvalue weighted by Gasteiger charge is 2.02. The Labute approximate surface area is 94.9 Å². The van der Waals surface area contributed by atoms with Crippen LogP contribution in [0.15, 0.2) is 24.3 Å². The molecule has 0 aliphatic carbocycles. The molecule has 0 fully saturated rings. The van der Waals surface area contributed by atoms with Gasteiger partial charge in [-0.3, -0.25) is 4.79 Å². The first kappa shape index (κ1) is 10.1. The Morgan fingerprint density at radius 3 is 2.60 bits per heavy atom. The minimum Gasteiger partial charge on any atom is -0.330 e. The molecule has 0 spiro atoms. The maximum Gasteiger partial charge on any atom is 0.210 e. The van der Waals surface area contributed by atoms with Gasteiger partial charge in [-0.2, -0.15) is 0 Å². The summed E-state index contributed by atoms with van der Waals surface area (Å²) in [6, 6.07) is 7.19.